The minimum Gasteiger partial charge on any atom is -0.481 e. The van der Waals surface area contributed by atoms with Gasteiger partial charge in [0.1, 0.15) is 21.8 Å². The van der Waals surface area contributed by atoms with Gasteiger partial charge in [-0.2, -0.15) is 5.26 Å². The first kappa shape index (κ1) is 25.9. The molecule has 2 aliphatic heterocycles. The number of piperazine rings is 1. The molecule has 1 aromatic rings. The fraction of sp³-hybridized carbons (Fsp3) is 0.522. The van der Waals surface area contributed by atoms with Gasteiger partial charge in [-0.05, 0) is 32.0 Å². The van der Waals surface area contributed by atoms with E-state index in [1.807, 2.05) is 6.92 Å². The van der Waals surface area contributed by atoms with Crippen LogP contribution in [0.25, 0.3) is 6.08 Å². The molecule has 2 fully saturated rings. The predicted octanol–water partition coefficient (Wildman–Crippen LogP) is 2.26. The molecule has 3 heterocycles. The van der Waals surface area contributed by atoms with Gasteiger partial charge in [-0.25, -0.2) is 0 Å². The van der Waals surface area contributed by atoms with Crippen LogP contribution in [0.5, 0.6) is 0 Å². The lowest BCUT2D eigenvalue weighted by atomic mass is 10.0. The Morgan fingerprint density at radius 1 is 1.24 bits per heavy atom. The zero-order valence-corrected chi connectivity index (χ0v) is 21.3. The Hall–Kier alpha value is -2.68. The third kappa shape index (κ3) is 5.35. The van der Waals surface area contributed by atoms with Gasteiger partial charge in [0.15, 0.2) is 0 Å². The first-order valence-electron chi connectivity index (χ1n) is 11.3. The molecule has 0 bridgehead atoms. The maximum absolute atomic E-state index is 13.3. The van der Waals surface area contributed by atoms with Crippen molar-refractivity contribution in [1.82, 2.24) is 14.4 Å². The van der Waals surface area contributed by atoms with E-state index in [4.69, 9.17) is 17.3 Å². The predicted molar refractivity (Wildman–Crippen MR) is 137 cm³/mol. The average Bonchev–Trinajstić information content (AvgIpc) is 3.06. The summed E-state index contributed by atoms with van der Waals surface area (Å²) in [4.78, 5) is 43.4. The second-order valence-corrected chi connectivity index (χ2v) is 10.1. The maximum atomic E-state index is 13.3. The number of aliphatic carboxylic acids is 1. The fourth-order valence-electron chi connectivity index (χ4n) is 4.06. The molecule has 0 saturated carbocycles. The van der Waals surface area contributed by atoms with Crippen LogP contribution in [0.4, 0.5) is 5.82 Å². The molecule has 9 nitrogen and oxygen atoms in total. The molecule has 2 aliphatic rings. The van der Waals surface area contributed by atoms with E-state index in [0.29, 0.717) is 40.0 Å². The first-order chi connectivity index (χ1) is 16.2. The number of pyridine rings is 1. The highest BCUT2D eigenvalue weighted by atomic mass is 32.2. The van der Waals surface area contributed by atoms with Gasteiger partial charge in [-0.1, -0.05) is 37.3 Å². The Kier molecular flexibility index (Phi) is 8.52. The van der Waals surface area contributed by atoms with Crippen molar-refractivity contribution in [3.63, 3.8) is 0 Å². The van der Waals surface area contributed by atoms with E-state index in [1.165, 1.54) is 4.90 Å². The number of amides is 1. The number of unbranched alkanes of at least 4 members (excludes halogenated alkanes) is 1. The largest absolute Gasteiger partial charge is 0.481 e. The molecule has 2 saturated heterocycles. The Morgan fingerprint density at radius 3 is 2.50 bits per heavy atom. The minimum absolute atomic E-state index is 0.00107. The summed E-state index contributed by atoms with van der Waals surface area (Å²) >= 11 is 6.44. The van der Waals surface area contributed by atoms with Crippen LogP contribution in [-0.4, -0.2) is 75.4 Å². The van der Waals surface area contributed by atoms with Gasteiger partial charge < -0.3 is 14.9 Å². The van der Waals surface area contributed by atoms with Crippen LogP contribution in [0, 0.1) is 18.3 Å². The summed E-state index contributed by atoms with van der Waals surface area (Å²) in [7, 11) is 2.05. The molecular weight excluding hydrogens is 474 g/mol. The number of carboxylic acid groups (broad SMARTS) is 1. The fourth-order valence-corrected chi connectivity index (χ4v) is 5.35. The summed E-state index contributed by atoms with van der Waals surface area (Å²) < 4.78 is 1.98. The highest BCUT2D eigenvalue weighted by Crippen LogP contribution is 2.36. The molecule has 0 unspecified atom stereocenters. The lowest BCUT2D eigenvalue weighted by Gasteiger charge is -2.36. The molecule has 1 aromatic heterocycles. The first-order valence-corrected chi connectivity index (χ1v) is 12.5. The number of thioether (sulfide) groups is 1. The van der Waals surface area contributed by atoms with Crippen molar-refractivity contribution in [1.29, 1.82) is 5.26 Å². The van der Waals surface area contributed by atoms with Crippen LogP contribution in [-0.2, 0) is 16.1 Å². The van der Waals surface area contributed by atoms with Gasteiger partial charge >= 0.3 is 5.97 Å². The molecule has 0 aromatic carbocycles. The number of carboxylic acids is 1. The van der Waals surface area contributed by atoms with E-state index in [0.717, 1.165) is 43.5 Å². The molecule has 0 atom stereocenters. The van der Waals surface area contributed by atoms with E-state index in [1.54, 1.807) is 17.6 Å². The Morgan fingerprint density at radius 2 is 1.91 bits per heavy atom. The van der Waals surface area contributed by atoms with Crippen molar-refractivity contribution in [3.8, 4) is 6.07 Å². The highest BCUT2D eigenvalue weighted by molar-refractivity contribution is 8.26. The normalized spacial score (nSPS) is 18.1. The van der Waals surface area contributed by atoms with Gasteiger partial charge in [-0.3, -0.25) is 23.9 Å². The van der Waals surface area contributed by atoms with Crippen molar-refractivity contribution in [2.75, 3.05) is 44.7 Å². The summed E-state index contributed by atoms with van der Waals surface area (Å²) in [6.07, 6.45) is 3.19. The summed E-state index contributed by atoms with van der Waals surface area (Å²) in [6.45, 7) is 7.36. The highest BCUT2D eigenvalue weighted by Gasteiger charge is 2.33. The number of carbonyl (C=O) groups excluding carboxylic acids is 1. The van der Waals surface area contributed by atoms with E-state index in [9.17, 15) is 19.6 Å². The monoisotopic (exact) mass is 503 g/mol. The average molecular weight is 504 g/mol. The van der Waals surface area contributed by atoms with E-state index in [-0.39, 0.29) is 30.0 Å². The zero-order chi connectivity index (χ0) is 25.0. The van der Waals surface area contributed by atoms with Crippen molar-refractivity contribution in [2.24, 2.45) is 0 Å². The van der Waals surface area contributed by atoms with Crippen molar-refractivity contribution >= 4 is 52.1 Å². The third-order valence-corrected chi connectivity index (χ3v) is 7.46. The van der Waals surface area contributed by atoms with Gasteiger partial charge in [0, 0.05) is 44.8 Å². The SMILES string of the molecule is CCCCn1c(N2CCN(C)CC2)c(C=C2SC(=S)N(CCC(=O)O)C2=O)c(C)c(C#N)c1=O. The van der Waals surface area contributed by atoms with Crippen LogP contribution < -0.4 is 10.5 Å². The van der Waals surface area contributed by atoms with Crippen molar-refractivity contribution < 1.29 is 14.7 Å². The van der Waals surface area contributed by atoms with E-state index < -0.39 is 5.97 Å². The summed E-state index contributed by atoms with van der Waals surface area (Å²) in [5, 5.41) is 18.8. The number of nitriles is 1. The number of aromatic nitrogens is 1. The zero-order valence-electron chi connectivity index (χ0n) is 19.7. The molecule has 1 amide bonds. The van der Waals surface area contributed by atoms with Crippen molar-refractivity contribution in [3.05, 3.63) is 31.9 Å². The van der Waals surface area contributed by atoms with Gasteiger partial charge in [0.25, 0.3) is 11.5 Å². The molecule has 11 heteroatoms. The molecule has 3 rings (SSSR count). The second kappa shape index (κ2) is 11.2. The van der Waals surface area contributed by atoms with Crippen LogP contribution in [0.15, 0.2) is 9.70 Å². The number of nitrogens with zero attached hydrogens (tertiary/aromatic N) is 5. The van der Waals surface area contributed by atoms with Crippen molar-refractivity contribution in [2.45, 2.75) is 39.7 Å². The number of rotatable bonds is 8. The quantitative estimate of drug-likeness (QED) is 0.422. The van der Waals surface area contributed by atoms with E-state index >= 15 is 0 Å². The molecule has 182 valence electrons. The number of hydrogen-bond acceptors (Lipinski definition) is 8. The lowest BCUT2D eigenvalue weighted by molar-refractivity contribution is -0.137. The summed E-state index contributed by atoms with van der Waals surface area (Å²) in [5.74, 6) is -0.642. The van der Waals surface area contributed by atoms with E-state index in [2.05, 4.69) is 22.9 Å². The van der Waals surface area contributed by atoms with Crippen LogP contribution >= 0.6 is 24.0 Å². The number of anilines is 1. The molecule has 1 N–H and O–H groups in total. The van der Waals surface area contributed by atoms with Gasteiger partial charge in [0.2, 0.25) is 0 Å². The lowest BCUT2D eigenvalue weighted by Crippen LogP contribution is -2.47. The standard InChI is InChI=1S/C23H29N5O4S2/c1-4-5-7-27-20(26-11-9-25(3)10-12-26)16(15(2)17(14-24)21(27)31)13-18-22(32)28(23(33)34-18)8-6-19(29)30/h13H,4-12H2,1-3H3,(H,29,30). The van der Waals surface area contributed by atoms with Crippen LogP contribution in [0.2, 0.25) is 0 Å². The minimum atomic E-state index is -1.01. The number of carbonyl (C=O) groups is 2. The number of hydrogen-bond donors (Lipinski definition) is 1. The molecule has 0 spiro atoms. The van der Waals surface area contributed by atoms with Gasteiger partial charge in [0.05, 0.1) is 11.3 Å². The maximum Gasteiger partial charge on any atom is 0.305 e. The molecular formula is C23H29N5O4S2. The number of likely N-dealkylation sites (N-methyl/N-ethyl adjacent to an activating group) is 1. The smallest absolute Gasteiger partial charge is 0.305 e. The van der Waals surface area contributed by atoms with Crippen LogP contribution in [0.1, 0.15) is 42.9 Å². The Balaban J connectivity index is 2.16. The Bertz CT molecular complexity index is 1130. The third-order valence-electron chi connectivity index (χ3n) is 6.08. The second-order valence-electron chi connectivity index (χ2n) is 8.43. The van der Waals surface area contributed by atoms with Gasteiger partial charge in [-0.15, -0.1) is 0 Å². The topological polar surface area (TPSA) is 110 Å². The molecule has 0 aliphatic carbocycles. The molecule has 0 radical (unpaired) electrons. The summed E-state index contributed by atoms with van der Waals surface area (Å²) in [6, 6.07) is 2.06. The Labute approximate surface area is 208 Å². The number of thiocarbonyl (C=S) groups is 1. The summed E-state index contributed by atoms with van der Waals surface area (Å²) in [5.41, 5.74) is 0.954. The molecule has 34 heavy (non-hydrogen) atoms. The van der Waals surface area contributed by atoms with Crippen LogP contribution in [0.3, 0.4) is 0 Å².